The van der Waals surface area contributed by atoms with Gasteiger partial charge in [-0.2, -0.15) is 0 Å². The maximum atomic E-state index is 12.6. The van der Waals surface area contributed by atoms with Crippen LogP contribution >= 0.6 is 11.3 Å². The van der Waals surface area contributed by atoms with E-state index in [1.807, 2.05) is 30.5 Å². The molecule has 0 aliphatic heterocycles. The van der Waals surface area contributed by atoms with Gasteiger partial charge in [-0.3, -0.25) is 14.3 Å². The average Bonchev–Trinajstić information content (AvgIpc) is 3.26. The minimum Gasteiger partial charge on any atom is -0.479 e. The average molecular weight is 399 g/mol. The first-order chi connectivity index (χ1) is 13.4. The fourth-order valence-corrected chi connectivity index (χ4v) is 3.33. The van der Waals surface area contributed by atoms with E-state index in [9.17, 15) is 9.59 Å². The van der Waals surface area contributed by atoms with Crippen molar-refractivity contribution in [1.82, 2.24) is 19.7 Å². The summed E-state index contributed by atoms with van der Waals surface area (Å²) in [4.78, 5) is 30.8. The highest BCUT2D eigenvalue weighted by Crippen LogP contribution is 2.24. The summed E-state index contributed by atoms with van der Waals surface area (Å²) in [5.41, 5.74) is 2.75. The van der Waals surface area contributed by atoms with Gasteiger partial charge in [-0.1, -0.05) is 12.1 Å². The molecule has 0 unspecified atom stereocenters. The third-order valence-corrected chi connectivity index (χ3v) is 4.78. The van der Waals surface area contributed by atoms with Crippen molar-refractivity contribution in [3.05, 3.63) is 46.4 Å². The van der Waals surface area contributed by atoms with Crippen LogP contribution in [0.4, 0.5) is 5.69 Å². The molecule has 0 fully saturated rings. The lowest BCUT2D eigenvalue weighted by Crippen LogP contribution is -2.35. The van der Waals surface area contributed by atoms with Crippen molar-refractivity contribution < 1.29 is 14.3 Å². The second-order valence-electron chi connectivity index (χ2n) is 6.27. The number of nitrogens with one attached hydrogen (secondary N) is 1. The Morgan fingerprint density at radius 2 is 2.14 bits per heavy atom. The second kappa shape index (κ2) is 8.22. The summed E-state index contributed by atoms with van der Waals surface area (Å²) >= 11 is 1.57. The number of rotatable bonds is 6. The molecule has 3 rings (SSSR count). The zero-order valence-corrected chi connectivity index (χ0v) is 16.9. The molecular weight excluding hydrogens is 378 g/mol. The van der Waals surface area contributed by atoms with Crippen LogP contribution in [0.3, 0.4) is 0 Å². The molecule has 0 atom stereocenters. The quantitative estimate of drug-likeness (QED) is 0.688. The van der Waals surface area contributed by atoms with E-state index in [4.69, 9.17) is 4.74 Å². The van der Waals surface area contributed by atoms with Gasteiger partial charge in [-0.05, 0) is 19.1 Å². The number of benzene rings is 1. The van der Waals surface area contributed by atoms with E-state index < -0.39 is 0 Å². The second-order valence-corrected chi connectivity index (χ2v) is 7.33. The minimum absolute atomic E-state index is 0.100. The van der Waals surface area contributed by atoms with Crippen LogP contribution in [0, 0.1) is 6.92 Å². The zero-order valence-electron chi connectivity index (χ0n) is 16.1. The number of carbonyl (C=O) groups is 2. The van der Waals surface area contributed by atoms with Crippen molar-refractivity contribution in [2.24, 2.45) is 7.05 Å². The van der Waals surface area contributed by atoms with Crippen LogP contribution in [0.5, 0.6) is 5.88 Å². The molecule has 9 heteroatoms. The van der Waals surface area contributed by atoms with Crippen LogP contribution in [0.15, 0.2) is 35.8 Å². The molecule has 0 radical (unpaired) electrons. The first-order valence-corrected chi connectivity index (χ1v) is 9.41. The lowest BCUT2D eigenvalue weighted by molar-refractivity contribution is -0.116. The number of hydrogen-bond acceptors (Lipinski definition) is 6. The van der Waals surface area contributed by atoms with Crippen LogP contribution < -0.4 is 10.1 Å². The number of aromatic nitrogens is 3. The first kappa shape index (κ1) is 19.6. The Bertz CT molecular complexity index is 1010. The number of thiazole rings is 1. The van der Waals surface area contributed by atoms with Crippen LogP contribution in [0.1, 0.15) is 15.4 Å². The monoisotopic (exact) mass is 399 g/mol. The summed E-state index contributed by atoms with van der Waals surface area (Å²) in [6, 6.07) is 7.45. The molecule has 28 heavy (non-hydrogen) atoms. The number of hydrogen-bond donors (Lipinski definition) is 1. The number of aryl methyl sites for hydroxylation is 2. The molecule has 2 amide bonds. The van der Waals surface area contributed by atoms with E-state index in [0.717, 1.165) is 16.3 Å². The summed E-state index contributed by atoms with van der Waals surface area (Å²) in [6.07, 6.45) is 1.56. The summed E-state index contributed by atoms with van der Waals surface area (Å²) in [5.74, 6) is -0.414. The number of carbonyl (C=O) groups excluding carboxylic acids is 2. The largest absolute Gasteiger partial charge is 0.479 e. The summed E-state index contributed by atoms with van der Waals surface area (Å²) in [5, 5.41) is 9.84. The number of likely N-dealkylation sites (N-methyl/N-ethyl adjacent to an activating group) is 1. The Kier molecular flexibility index (Phi) is 5.74. The number of anilines is 1. The maximum absolute atomic E-state index is 12.6. The fourth-order valence-electron chi connectivity index (χ4n) is 2.71. The number of ether oxygens (including phenoxy) is 1. The molecule has 0 aliphatic carbocycles. The van der Waals surface area contributed by atoms with Crippen molar-refractivity contribution in [3.8, 4) is 17.1 Å². The summed E-state index contributed by atoms with van der Waals surface area (Å²) in [6.45, 7) is 1.85. The van der Waals surface area contributed by atoms with Gasteiger partial charge in [0.05, 0.1) is 24.4 Å². The van der Waals surface area contributed by atoms with Crippen LogP contribution in [0.25, 0.3) is 11.3 Å². The van der Waals surface area contributed by atoms with Gasteiger partial charge in [-0.25, -0.2) is 4.98 Å². The molecule has 0 saturated heterocycles. The molecule has 0 saturated carbocycles. The minimum atomic E-state index is -0.341. The van der Waals surface area contributed by atoms with Crippen LogP contribution in [0.2, 0.25) is 0 Å². The molecular formula is C19H21N5O3S. The third kappa shape index (κ3) is 4.37. The normalized spacial score (nSPS) is 10.6. The van der Waals surface area contributed by atoms with E-state index in [0.29, 0.717) is 11.3 Å². The zero-order chi connectivity index (χ0) is 20.3. The topological polar surface area (TPSA) is 89.4 Å². The van der Waals surface area contributed by atoms with Crippen LogP contribution in [-0.4, -0.2) is 52.2 Å². The Hall–Kier alpha value is -3.20. The van der Waals surface area contributed by atoms with Gasteiger partial charge in [0, 0.05) is 36.9 Å². The van der Waals surface area contributed by atoms with Gasteiger partial charge in [0.15, 0.2) is 0 Å². The van der Waals surface area contributed by atoms with Gasteiger partial charge in [0.25, 0.3) is 5.91 Å². The highest BCUT2D eigenvalue weighted by molar-refractivity contribution is 7.09. The van der Waals surface area contributed by atoms with E-state index in [1.54, 1.807) is 37.7 Å². The number of nitrogens with zero attached hydrogens (tertiary/aromatic N) is 4. The van der Waals surface area contributed by atoms with Crippen molar-refractivity contribution >= 4 is 28.8 Å². The molecule has 2 heterocycles. The third-order valence-electron chi connectivity index (χ3n) is 4.01. The Balaban J connectivity index is 1.66. The first-order valence-electron chi connectivity index (χ1n) is 8.53. The molecule has 146 valence electrons. The van der Waals surface area contributed by atoms with Gasteiger partial charge in [-0.15, -0.1) is 16.4 Å². The van der Waals surface area contributed by atoms with E-state index >= 15 is 0 Å². The highest BCUT2D eigenvalue weighted by atomic mass is 32.1. The molecule has 1 aromatic carbocycles. The van der Waals surface area contributed by atoms with Crippen LogP contribution in [-0.2, 0) is 11.8 Å². The Morgan fingerprint density at radius 3 is 2.82 bits per heavy atom. The smallest absolute Gasteiger partial charge is 0.261 e. The molecule has 0 aliphatic rings. The lowest BCUT2D eigenvalue weighted by Gasteiger charge is -2.16. The summed E-state index contributed by atoms with van der Waals surface area (Å²) < 4.78 is 6.60. The van der Waals surface area contributed by atoms with Crippen molar-refractivity contribution in [3.63, 3.8) is 0 Å². The van der Waals surface area contributed by atoms with E-state index in [2.05, 4.69) is 15.4 Å². The van der Waals surface area contributed by atoms with Crippen molar-refractivity contribution in [2.45, 2.75) is 6.92 Å². The van der Waals surface area contributed by atoms with E-state index in [1.165, 1.54) is 16.7 Å². The van der Waals surface area contributed by atoms with Crippen molar-refractivity contribution in [2.75, 3.05) is 26.0 Å². The van der Waals surface area contributed by atoms with Gasteiger partial charge in [0.1, 0.15) is 5.56 Å². The fraction of sp³-hybridized carbons (Fsp3) is 0.263. The van der Waals surface area contributed by atoms with E-state index in [-0.39, 0.29) is 24.2 Å². The lowest BCUT2D eigenvalue weighted by atomic mass is 10.1. The SMILES string of the molecule is COc1nn(C)cc1C(=O)N(C)CC(=O)Nc1cccc(-c2csc(C)n2)c1. The molecule has 2 aromatic heterocycles. The van der Waals surface area contributed by atoms with Gasteiger partial charge < -0.3 is 15.0 Å². The van der Waals surface area contributed by atoms with Gasteiger partial charge in [0.2, 0.25) is 11.8 Å². The van der Waals surface area contributed by atoms with Crippen molar-refractivity contribution in [1.29, 1.82) is 0 Å². The summed E-state index contributed by atoms with van der Waals surface area (Å²) in [7, 11) is 4.70. The predicted octanol–water partition coefficient (Wildman–Crippen LogP) is 2.57. The Labute approximate surface area is 166 Å². The molecule has 0 spiro atoms. The number of methoxy groups -OCH3 is 1. The Morgan fingerprint density at radius 1 is 1.36 bits per heavy atom. The number of amides is 2. The molecule has 1 N–H and O–H groups in total. The highest BCUT2D eigenvalue weighted by Gasteiger charge is 2.21. The molecule has 0 bridgehead atoms. The molecule has 3 aromatic rings. The predicted molar refractivity (Wildman–Crippen MR) is 108 cm³/mol. The standard InChI is InChI=1S/C19H21N5O3S/c1-12-20-16(11-28-12)13-6-5-7-14(8-13)21-17(25)10-23(2)19(26)15-9-24(3)22-18(15)27-4/h5-9,11H,10H2,1-4H3,(H,21,25). The maximum Gasteiger partial charge on any atom is 0.261 e. The van der Waals surface area contributed by atoms with Gasteiger partial charge >= 0.3 is 0 Å². The molecule has 8 nitrogen and oxygen atoms in total.